The van der Waals surface area contributed by atoms with E-state index in [9.17, 15) is 9.18 Å². The Morgan fingerprint density at radius 2 is 2.21 bits per heavy atom. The summed E-state index contributed by atoms with van der Waals surface area (Å²) in [6, 6.07) is 4.07. The van der Waals surface area contributed by atoms with Gasteiger partial charge in [-0.2, -0.15) is 0 Å². The van der Waals surface area contributed by atoms with Gasteiger partial charge in [0.2, 0.25) is 0 Å². The molecule has 0 radical (unpaired) electrons. The predicted octanol–water partition coefficient (Wildman–Crippen LogP) is 1.80. The summed E-state index contributed by atoms with van der Waals surface area (Å²) in [6.07, 6.45) is 0. The van der Waals surface area contributed by atoms with Crippen molar-refractivity contribution in [2.45, 2.75) is 13.0 Å². The molecule has 14 heavy (non-hydrogen) atoms. The molecule has 0 fully saturated rings. The Morgan fingerprint density at radius 1 is 1.57 bits per heavy atom. The average Bonchev–Trinajstić information content (AvgIpc) is 2.15. The van der Waals surface area contributed by atoms with Gasteiger partial charge < -0.3 is 10.4 Å². The van der Waals surface area contributed by atoms with E-state index in [0.717, 1.165) is 6.07 Å². The summed E-state index contributed by atoms with van der Waals surface area (Å²) in [7, 11) is 1.70. The summed E-state index contributed by atoms with van der Waals surface area (Å²) in [5.41, 5.74) is 0.203. The SMILES string of the molecule is CNC(C)c1cccc(F)c1C(=O)O. The Morgan fingerprint density at radius 3 is 2.71 bits per heavy atom. The third kappa shape index (κ3) is 1.90. The van der Waals surface area contributed by atoms with E-state index in [4.69, 9.17) is 5.11 Å². The van der Waals surface area contributed by atoms with E-state index < -0.39 is 11.8 Å². The topological polar surface area (TPSA) is 49.3 Å². The number of rotatable bonds is 3. The van der Waals surface area contributed by atoms with Crippen LogP contribution in [-0.2, 0) is 0 Å². The zero-order valence-electron chi connectivity index (χ0n) is 8.04. The van der Waals surface area contributed by atoms with E-state index in [1.165, 1.54) is 6.07 Å². The second-order valence-electron chi connectivity index (χ2n) is 3.02. The summed E-state index contributed by atoms with van der Waals surface area (Å²) >= 11 is 0. The van der Waals surface area contributed by atoms with E-state index in [2.05, 4.69) is 5.32 Å². The monoisotopic (exact) mass is 197 g/mol. The molecule has 0 heterocycles. The Bertz CT molecular complexity index is 352. The molecule has 3 nitrogen and oxygen atoms in total. The highest BCUT2D eigenvalue weighted by molar-refractivity contribution is 5.89. The standard InChI is InChI=1S/C10H12FNO2/c1-6(12-2)7-4-3-5-8(11)9(7)10(13)14/h3-6,12H,1-2H3,(H,13,14). The summed E-state index contributed by atoms with van der Waals surface area (Å²) in [4.78, 5) is 10.8. The van der Waals surface area contributed by atoms with Gasteiger partial charge in [0.1, 0.15) is 5.82 Å². The van der Waals surface area contributed by atoms with Crippen molar-refractivity contribution in [1.82, 2.24) is 5.32 Å². The number of aromatic carboxylic acids is 1. The van der Waals surface area contributed by atoms with Crippen molar-refractivity contribution in [2.75, 3.05) is 7.05 Å². The first-order chi connectivity index (χ1) is 6.57. The number of carboxylic acids is 1. The molecule has 4 heteroatoms. The number of carboxylic acid groups (broad SMARTS) is 1. The zero-order chi connectivity index (χ0) is 10.7. The Labute approximate surface area is 81.6 Å². The normalized spacial score (nSPS) is 12.5. The number of hydrogen-bond donors (Lipinski definition) is 2. The number of nitrogens with one attached hydrogen (secondary N) is 1. The van der Waals surface area contributed by atoms with E-state index in [-0.39, 0.29) is 11.6 Å². The lowest BCUT2D eigenvalue weighted by atomic mass is 10.0. The van der Waals surface area contributed by atoms with Gasteiger partial charge in [0.25, 0.3) is 0 Å². The number of hydrogen-bond acceptors (Lipinski definition) is 2. The van der Waals surface area contributed by atoms with Gasteiger partial charge in [-0.15, -0.1) is 0 Å². The van der Waals surface area contributed by atoms with Crippen molar-refractivity contribution in [3.8, 4) is 0 Å². The van der Waals surface area contributed by atoms with E-state index >= 15 is 0 Å². The van der Waals surface area contributed by atoms with Gasteiger partial charge in [0, 0.05) is 6.04 Å². The molecule has 76 valence electrons. The third-order valence-corrected chi connectivity index (χ3v) is 2.16. The van der Waals surface area contributed by atoms with Crippen LogP contribution in [0.2, 0.25) is 0 Å². The minimum absolute atomic E-state index is 0.184. The van der Waals surface area contributed by atoms with Crippen molar-refractivity contribution >= 4 is 5.97 Å². The van der Waals surface area contributed by atoms with Crippen LogP contribution in [0.4, 0.5) is 4.39 Å². The Hall–Kier alpha value is -1.42. The van der Waals surface area contributed by atoms with Crippen LogP contribution in [0.15, 0.2) is 18.2 Å². The molecule has 0 aliphatic carbocycles. The molecule has 0 aliphatic rings. The van der Waals surface area contributed by atoms with Crippen molar-refractivity contribution in [3.05, 3.63) is 35.1 Å². The van der Waals surface area contributed by atoms with Crippen molar-refractivity contribution < 1.29 is 14.3 Å². The molecule has 0 aliphatic heterocycles. The van der Waals surface area contributed by atoms with Gasteiger partial charge in [-0.05, 0) is 25.6 Å². The highest BCUT2D eigenvalue weighted by Gasteiger charge is 2.18. The van der Waals surface area contributed by atoms with E-state index in [1.807, 2.05) is 0 Å². The highest BCUT2D eigenvalue weighted by atomic mass is 19.1. The molecule has 1 unspecified atom stereocenters. The summed E-state index contributed by atoms with van der Waals surface area (Å²) < 4.78 is 13.2. The smallest absolute Gasteiger partial charge is 0.339 e. The molecule has 1 aromatic rings. The van der Waals surface area contributed by atoms with Crippen molar-refractivity contribution in [1.29, 1.82) is 0 Å². The lowest BCUT2D eigenvalue weighted by Gasteiger charge is -2.13. The van der Waals surface area contributed by atoms with Gasteiger partial charge in [-0.25, -0.2) is 9.18 Å². The molecule has 1 rings (SSSR count). The quantitative estimate of drug-likeness (QED) is 0.776. The lowest BCUT2D eigenvalue weighted by Crippen LogP contribution is -2.17. The summed E-state index contributed by atoms with van der Waals surface area (Å²) in [6.45, 7) is 1.78. The number of carbonyl (C=O) groups is 1. The molecular formula is C10H12FNO2. The van der Waals surface area contributed by atoms with Crippen molar-refractivity contribution in [3.63, 3.8) is 0 Å². The fourth-order valence-corrected chi connectivity index (χ4v) is 1.28. The van der Waals surface area contributed by atoms with Crippen LogP contribution < -0.4 is 5.32 Å². The predicted molar refractivity (Wildman–Crippen MR) is 50.8 cm³/mol. The second kappa shape index (κ2) is 4.19. The molecular weight excluding hydrogens is 185 g/mol. The van der Waals surface area contributed by atoms with Gasteiger partial charge in [0.15, 0.2) is 0 Å². The number of halogens is 1. The minimum Gasteiger partial charge on any atom is -0.478 e. The molecule has 0 bridgehead atoms. The number of benzene rings is 1. The van der Waals surface area contributed by atoms with Crippen molar-refractivity contribution in [2.24, 2.45) is 0 Å². The first-order valence-corrected chi connectivity index (χ1v) is 4.27. The van der Waals surface area contributed by atoms with Crippen LogP contribution in [0.3, 0.4) is 0 Å². The molecule has 0 saturated carbocycles. The molecule has 0 aromatic heterocycles. The fraction of sp³-hybridized carbons (Fsp3) is 0.300. The van der Waals surface area contributed by atoms with Crippen LogP contribution >= 0.6 is 0 Å². The lowest BCUT2D eigenvalue weighted by molar-refractivity contribution is 0.0690. The maximum Gasteiger partial charge on any atom is 0.339 e. The second-order valence-corrected chi connectivity index (χ2v) is 3.02. The van der Waals surface area contributed by atoms with Crippen LogP contribution in [0, 0.1) is 5.82 Å². The van der Waals surface area contributed by atoms with E-state index in [0.29, 0.717) is 5.56 Å². The first-order valence-electron chi connectivity index (χ1n) is 4.27. The van der Waals surface area contributed by atoms with Gasteiger partial charge in [0.05, 0.1) is 5.56 Å². The minimum atomic E-state index is -1.24. The van der Waals surface area contributed by atoms with Crippen LogP contribution in [0.25, 0.3) is 0 Å². The van der Waals surface area contributed by atoms with E-state index in [1.54, 1.807) is 20.0 Å². The van der Waals surface area contributed by atoms with Gasteiger partial charge in [-0.3, -0.25) is 0 Å². The summed E-state index contributed by atoms with van der Waals surface area (Å²) in [5.74, 6) is -1.93. The molecule has 1 atom stereocenters. The van der Waals surface area contributed by atoms with Crippen LogP contribution in [0.5, 0.6) is 0 Å². The van der Waals surface area contributed by atoms with Crippen LogP contribution in [0.1, 0.15) is 28.9 Å². The molecule has 0 spiro atoms. The summed E-state index contributed by atoms with van der Waals surface area (Å²) in [5, 5.41) is 11.7. The average molecular weight is 197 g/mol. The van der Waals surface area contributed by atoms with Gasteiger partial charge >= 0.3 is 5.97 Å². The zero-order valence-corrected chi connectivity index (χ0v) is 8.04. The Balaban J connectivity index is 3.28. The molecule has 0 saturated heterocycles. The maximum atomic E-state index is 13.2. The third-order valence-electron chi connectivity index (χ3n) is 2.16. The molecule has 0 amide bonds. The van der Waals surface area contributed by atoms with Gasteiger partial charge in [-0.1, -0.05) is 12.1 Å². The largest absolute Gasteiger partial charge is 0.478 e. The fourth-order valence-electron chi connectivity index (χ4n) is 1.28. The van der Waals surface area contributed by atoms with Crippen LogP contribution in [-0.4, -0.2) is 18.1 Å². The molecule has 2 N–H and O–H groups in total. The first kappa shape index (κ1) is 10.7. The highest BCUT2D eigenvalue weighted by Crippen LogP contribution is 2.20. The molecule has 1 aromatic carbocycles. The Kier molecular flexibility index (Phi) is 3.19. The maximum absolute atomic E-state index is 13.2.